The maximum Gasteiger partial charge on any atom is 0.165 e. The molecule has 0 aromatic heterocycles. The van der Waals surface area contributed by atoms with E-state index in [0.717, 1.165) is 31.7 Å². The molecule has 116 valence electrons. The van der Waals surface area contributed by atoms with Gasteiger partial charge >= 0.3 is 0 Å². The first kappa shape index (κ1) is 16.0. The van der Waals surface area contributed by atoms with Crippen molar-refractivity contribution in [3.63, 3.8) is 0 Å². The molecular formula is C17H25NO3. The van der Waals surface area contributed by atoms with Crippen LogP contribution < -0.4 is 10.1 Å². The van der Waals surface area contributed by atoms with Gasteiger partial charge in [0.15, 0.2) is 5.78 Å². The van der Waals surface area contributed by atoms with Crippen LogP contribution in [0.4, 0.5) is 0 Å². The number of rotatable bonds is 7. The standard InChI is InChI=1S/C17H25NO3/c1-13(2)21-16-5-3-4-14(12-16)17(19)8-11-20-15-6-9-18-10-7-15/h3-5,12-13,15,18H,6-11H2,1-2H3. The molecule has 21 heavy (non-hydrogen) atoms. The predicted molar refractivity (Wildman–Crippen MR) is 83.0 cm³/mol. The van der Waals surface area contributed by atoms with Gasteiger partial charge in [-0.15, -0.1) is 0 Å². The van der Waals surface area contributed by atoms with Crippen molar-refractivity contribution in [1.29, 1.82) is 0 Å². The first-order valence-electron chi connectivity index (χ1n) is 7.77. The number of hydrogen-bond acceptors (Lipinski definition) is 4. The highest BCUT2D eigenvalue weighted by Crippen LogP contribution is 2.16. The second-order valence-corrected chi connectivity index (χ2v) is 5.69. The fraction of sp³-hybridized carbons (Fsp3) is 0.588. The van der Waals surface area contributed by atoms with E-state index in [-0.39, 0.29) is 11.9 Å². The average Bonchev–Trinajstić information content (AvgIpc) is 2.48. The van der Waals surface area contributed by atoms with E-state index in [1.807, 2.05) is 38.1 Å². The molecule has 0 aliphatic carbocycles. The topological polar surface area (TPSA) is 47.6 Å². The summed E-state index contributed by atoms with van der Waals surface area (Å²) in [5.41, 5.74) is 0.696. The minimum atomic E-state index is 0.109. The molecule has 4 nitrogen and oxygen atoms in total. The molecule has 0 bridgehead atoms. The zero-order chi connectivity index (χ0) is 15.1. The van der Waals surface area contributed by atoms with Crippen molar-refractivity contribution in [3.8, 4) is 5.75 Å². The highest BCUT2D eigenvalue weighted by molar-refractivity contribution is 5.96. The first-order chi connectivity index (χ1) is 10.1. The molecule has 0 saturated carbocycles. The van der Waals surface area contributed by atoms with Crippen LogP contribution in [0.3, 0.4) is 0 Å². The monoisotopic (exact) mass is 291 g/mol. The van der Waals surface area contributed by atoms with E-state index in [0.29, 0.717) is 24.7 Å². The second-order valence-electron chi connectivity index (χ2n) is 5.69. The van der Waals surface area contributed by atoms with Gasteiger partial charge in [-0.2, -0.15) is 0 Å². The highest BCUT2D eigenvalue weighted by Gasteiger charge is 2.14. The van der Waals surface area contributed by atoms with E-state index in [1.54, 1.807) is 0 Å². The van der Waals surface area contributed by atoms with Crippen LogP contribution in [0.1, 0.15) is 43.5 Å². The number of nitrogens with one attached hydrogen (secondary N) is 1. The van der Waals surface area contributed by atoms with E-state index < -0.39 is 0 Å². The number of benzene rings is 1. The van der Waals surface area contributed by atoms with Crippen molar-refractivity contribution < 1.29 is 14.3 Å². The zero-order valence-electron chi connectivity index (χ0n) is 12.9. The molecule has 1 heterocycles. The molecule has 1 fully saturated rings. The molecule has 0 unspecified atom stereocenters. The molecule has 0 radical (unpaired) electrons. The number of carbonyl (C=O) groups excluding carboxylic acids is 1. The van der Waals surface area contributed by atoms with Gasteiger partial charge in [0.2, 0.25) is 0 Å². The molecule has 0 amide bonds. The average molecular weight is 291 g/mol. The van der Waals surface area contributed by atoms with E-state index in [2.05, 4.69) is 5.32 Å². The number of ketones is 1. The third-order valence-corrected chi connectivity index (χ3v) is 3.50. The van der Waals surface area contributed by atoms with Gasteiger partial charge in [-0.1, -0.05) is 12.1 Å². The Hall–Kier alpha value is -1.39. The van der Waals surface area contributed by atoms with E-state index in [9.17, 15) is 4.79 Å². The number of carbonyl (C=O) groups is 1. The fourth-order valence-corrected chi connectivity index (χ4v) is 2.44. The molecule has 0 spiro atoms. The minimum absolute atomic E-state index is 0.109. The molecule has 1 saturated heterocycles. The van der Waals surface area contributed by atoms with Crippen molar-refractivity contribution in [2.75, 3.05) is 19.7 Å². The Morgan fingerprint density at radius 2 is 2.10 bits per heavy atom. The number of hydrogen-bond donors (Lipinski definition) is 1. The van der Waals surface area contributed by atoms with E-state index in [1.165, 1.54) is 0 Å². The largest absolute Gasteiger partial charge is 0.491 e. The summed E-state index contributed by atoms with van der Waals surface area (Å²) in [4.78, 5) is 12.2. The van der Waals surface area contributed by atoms with Crippen molar-refractivity contribution >= 4 is 5.78 Å². The Labute approximate surface area is 126 Å². The number of ether oxygens (including phenoxy) is 2. The summed E-state index contributed by atoms with van der Waals surface area (Å²) in [5, 5.41) is 3.30. The van der Waals surface area contributed by atoms with Crippen LogP contribution in [0, 0.1) is 0 Å². The summed E-state index contributed by atoms with van der Waals surface area (Å²) < 4.78 is 11.4. The third-order valence-electron chi connectivity index (χ3n) is 3.50. The number of Topliss-reactive ketones (excluding diaryl/α,β-unsaturated/α-hetero) is 1. The van der Waals surface area contributed by atoms with Crippen molar-refractivity contribution in [1.82, 2.24) is 5.32 Å². The molecule has 1 aliphatic heterocycles. The first-order valence-corrected chi connectivity index (χ1v) is 7.77. The maximum atomic E-state index is 12.2. The van der Waals surface area contributed by atoms with Gasteiger partial charge in [0.05, 0.1) is 18.8 Å². The van der Waals surface area contributed by atoms with Gasteiger partial charge in [0.25, 0.3) is 0 Å². The summed E-state index contributed by atoms with van der Waals surface area (Å²) in [6.45, 7) is 6.46. The van der Waals surface area contributed by atoms with Crippen molar-refractivity contribution in [2.24, 2.45) is 0 Å². The second kappa shape index (κ2) is 8.15. The van der Waals surface area contributed by atoms with Gasteiger partial charge < -0.3 is 14.8 Å². The Balaban J connectivity index is 1.79. The number of piperidine rings is 1. The van der Waals surface area contributed by atoms with Gasteiger partial charge in [-0.05, 0) is 51.9 Å². The Kier molecular flexibility index (Phi) is 6.21. The zero-order valence-corrected chi connectivity index (χ0v) is 12.9. The summed E-state index contributed by atoms with van der Waals surface area (Å²) >= 11 is 0. The van der Waals surface area contributed by atoms with E-state index >= 15 is 0 Å². The lowest BCUT2D eigenvalue weighted by molar-refractivity contribution is 0.0313. The summed E-state index contributed by atoms with van der Waals surface area (Å²) in [6, 6.07) is 7.38. The van der Waals surface area contributed by atoms with Crippen LogP contribution >= 0.6 is 0 Å². The minimum Gasteiger partial charge on any atom is -0.491 e. The van der Waals surface area contributed by atoms with Crippen LogP contribution in [-0.4, -0.2) is 37.7 Å². The lowest BCUT2D eigenvalue weighted by atomic mass is 10.1. The van der Waals surface area contributed by atoms with Gasteiger partial charge in [-0.25, -0.2) is 0 Å². The Morgan fingerprint density at radius 1 is 1.33 bits per heavy atom. The summed E-state index contributed by atoms with van der Waals surface area (Å²) in [5.74, 6) is 0.855. The van der Waals surface area contributed by atoms with Crippen LogP contribution in [0.5, 0.6) is 5.75 Å². The van der Waals surface area contributed by atoms with E-state index in [4.69, 9.17) is 9.47 Å². The lowest BCUT2D eigenvalue weighted by Crippen LogP contribution is -2.32. The van der Waals surface area contributed by atoms with Crippen LogP contribution in [0.15, 0.2) is 24.3 Å². The molecule has 4 heteroatoms. The van der Waals surface area contributed by atoms with Crippen LogP contribution in [0.25, 0.3) is 0 Å². The smallest absolute Gasteiger partial charge is 0.165 e. The third kappa shape index (κ3) is 5.48. The van der Waals surface area contributed by atoms with Crippen LogP contribution in [0.2, 0.25) is 0 Å². The summed E-state index contributed by atoms with van der Waals surface area (Å²) in [6.07, 6.45) is 2.90. The predicted octanol–water partition coefficient (Wildman–Crippen LogP) is 2.82. The lowest BCUT2D eigenvalue weighted by Gasteiger charge is -2.22. The van der Waals surface area contributed by atoms with Crippen molar-refractivity contribution in [2.45, 2.75) is 45.3 Å². The molecule has 1 aromatic carbocycles. The molecule has 0 atom stereocenters. The molecule has 1 N–H and O–H groups in total. The van der Waals surface area contributed by atoms with Gasteiger partial charge in [-0.3, -0.25) is 4.79 Å². The Morgan fingerprint density at radius 3 is 2.81 bits per heavy atom. The molecule has 1 aliphatic rings. The quantitative estimate of drug-likeness (QED) is 0.785. The fourth-order valence-electron chi connectivity index (χ4n) is 2.44. The summed E-state index contributed by atoms with van der Waals surface area (Å²) in [7, 11) is 0. The maximum absolute atomic E-state index is 12.2. The molecule has 1 aromatic rings. The molecule has 2 rings (SSSR count). The van der Waals surface area contributed by atoms with Crippen molar-refractivity contribution in [3.05, 3.63) is 29.8 Å². The van der Waals surface area contributed by atoms with Gasteiger partial charge in [0, 0.05) is 12.0 Å². The van der Waals surface area contributed by atoms with Crippen LogP contribution in [-0.2, 0) is 4.74 Å². The normalized spacial score (nSPS) is 16.1. The van der Waals surface area contributed by atoms with Gasteiger partial charge in [0.1, 0.15) is 5.75 Å². The highest BCUT2D eigenvalue weighted by atomic mass is 16.5. The SMILES string of the molecule is CC(C)Oc1cccc(C(=O)CCOC2CCNCC2)c1. The Bertz CT molecular complexity index is 453. The molecular weight excluding hydrogens is 266 g/mol.